The second-order valence-electron chi connectivity index (χ2n) is 4.71. The predicted molar refractivity (Wildman–Crippen MR) is 58.7 cm³/mol. The number of nitrogens with zero attached hydrogens (tertiary/aromatic N) is 1. The highest BCUT2D eigenvalue weighted by atomic mass is 16.1. The molecule has 1 aromatic rings. The van der Waals surface area contributed by atoms with E-state index in [0.717, 1.165) is 24.8 Å². The van der Waals surface area contributed by atoms with E-state index in [4.69, 9.17) is 0 Å². The maximum atomic E-state index is 11.9. The standard InChI is InChI=1S/C11H20N2O/c1-5-6-7-9-8-12-13(10(9)14)11(2,3)4/h8,12H,5-7H2,1-4H3. The molecule has 0 aromatic carbocycles. The van der Waals surface area contributed by atoms with Crippen LogP contribution in [0.3, 0.4) is 0 Å². The molecule has 0 aliphatic heterocycles. The van der Waals surface area contributed by atoms with Crippen molar-refractivity contribution in [2.75, 3.05) is 0 Å². The first kappa shape index (κ1) is 11.1. The highest BCUT2D eigenvalue weighted by Gasteiger charge is 2.17. The van der Waals surface area contributed by atoms with Crippen LogP contribution in [0.4, 0.5) is 0 Å². The lowest BCUT2D eigenvalue weighted by Crippen LogP contribution is -2.33. The van der Waals surface area contributed by atoms with Crippen LogP contribution in [0.25, 0.3) is 0 Å². The molecule has 1 N–H and O–H groups in total. The largest absolute Gasteiger partial charge is 0.302 e. The van der Waals surface area contributed by atoms with E-state index in [-0.39, 0.29) is 11.1 Å². The Morgan fingerprint density at radius 2 is 2.07 bits per heavy atom. The van der Waals surface area contributed by atoms with Gasteiger partial charge in [-0.25, -0.2) is 4.68 Å². The summed E-state index contributed by atoms with van der Waals surface area (Å²) in [4.78, 5) is 11.9. The minimum Gasteiger partial charge on any atom is -0.302 e. The number of nitrogens with one attached hydrogen (secondary N) is 1. The third-order valence-corrected chi connectivity index (χ3v) is 2.32. The van der Waals surface area contributed by atoms with Crippen LogP contribution in [0.5, 0.6) is 0 Å². The maximum Gasteiger partial charge on any atom is 0.270 e. The second kappa shape index (κ2) is 4.03. The Morgan fingerprint density at radius 1 is 1.43 bits per heavy atom. The highest BCUT2D eigenvalue weighted by molar-refractivity contribution is 5.06. The van der Waals surface area contributed by atoms with Crippen LogP contribution in [0.1, 0.15) is 46.1 Å². The van der Waals surface area contributed by atoms with Crippen LogP contribution in [-0.2, 0) is 12.0 Å². The molecule has 3 heteroatoms. The molecule has 0 spiro atoms. The first-order valence-electron chi connectivity index (χ1n) is 5.26. The average molecular weight is 196 g/mol. The zero-order valence-corrected chi connectivity index (χ0v) is 9.55. The number of H-pyrrole nitrogens is 1. The zero-order valence-electron chi connectivity index (χ0n) is 9.55. The molecule has 0 atom stereocenters. The number of rotatable bonds is 3. The Bertz CT molecular complexity index is 341. The van der Waals surface area contributed by atoms with Gasteiger partial charge in [-0.15, -0.1) is 0 Å². The molecule has 1 aromatic heterocycles. The fourth-order valence-corrected chi connectivity index (χ4v) is 1.45. The van der Waals surface area contributed by atoms with Gasteiger partial charge in [0, 0.05) is 11.8 Å². The Hall–Kier alpha value is -0.990. The lowest BCUT2D eigenvalue weighted by molar-refractivity contribution is 0.345. The number of unbranched alkanes of at least 4 members (excludes halogenated alkanes) is 1. The summed E-state index contributed by atoms with van der Waals surface area (Å²) in [5.41, 5.74) is 0.884. The van der Waals surface area contributed by atoms with Crippen LogP contribution in [0.15, 0.2) is 11.0 Å². The SMILES string of the molecule is CCCCc1c[nH]n(C(C)(C)C)c1=O. The van der Waals surface area contributed by atoms with E-state index in [1.807, 2.05) is 27.0 Å². The number of hydrogen-bond acceptors (Lipinski definition) is 1. The van der Waals surface area contributed by atoms with Crippen molar-refractivity contribution >= 4 is 0 Å². The summed E-state index contributed by atoms with van der Waals surface area (Å²) in [6, 6.07) is 0. The van der Waals surface area contributed by atoms with E-state index in [1.165, 1.54) is 0 Å². The van der Waals surface area contributed by atoms with Crippen molar-refractivity contribution in [2.45, 2.75) is 52.5 Å². The Morgan fingerprint density at radius 3 is 2.50 bits per heavy atom. The van der Waals surface area contributed by atoms with Gasteiger partial charge in [0.05, 0.1) is 5.54 Å². The molecule has 1 rings (SSSR count). The number of aromatic nitrogens is 2. The summed E-state index contributed by atoms with van der Waals surface area (Å²) in [5.74, 6) is 0. The van der Waals surface area contributed by atoms with Gasteiger partial charge in [-0.3, -0.25) is 4.79 Å². The number of aromatic amines is 1. The molecule has 0 saturated heterocycles. The molecular weight excluding hydrogens is 176 g/mol. The summed E-state index contributed by atoms with van der Waals surface area (Å²) in [6.07, 6.45) is 4.93. The molecule has 0 amide bonds. The van der Waals surface area contributed by atoms with E-state index >= 15 is 0 Å². The lowest BCUT2D eigenvalue weighted by Gasteiger charge is -2.18. The molecular formula is C11H20N2O. The molecule has 0 saturated carbocycles. The van der Waals surface area contributed by atoms with Crippen molar-refractivity contribution in [3.63, 3.8) is 0 Å². The van der Waals surface area contributed by atoms with Crippen LogP contribution >= 0.6 is 0 Å². The molecule has 1 heterocycles. The molecule has 0 radical (unpaired) electrons. The Balaban J connectivity index is 2.92. The summed E-state index contributed by atoms with van der Waals surface area (Å²) in [7, 11) is 0. The molecule has 0 unspecified atom stereocenters. The summed E-state index contributed by atoms with van der Waals surface area (Å²) < 4.78 is 1.69. The second-order valence-corrected chi connectivity index (χ2v) is 4.71. The van der Waals surface area contributed by atoms with Gasteiger partial charge in [0.2, 0.25) is 0 Å². The van der Waals surface area contributed by atoms with Crippen LogP contribution in [-0.4, -0.2) is 9.78 Å². The predicted octanol–water partition coefficient (Wildman–Crippen LogP) is 2.27. The summed E-state index contributed by atoms with van der Waals surface area (Å²) in [5, 5.41) is 3.03. The minimum atomic E-state index is -0.151. The smallest absolute Gasteiger partial charge is 0.270 e. The number of hydrogen-bond donors (Lipinski definition) is 1. The van der Waals surface area contributed by atoms with Crippen molar-refractivity contribution in [1.29, 1.82) is 0 Å². The van der Waals surface area contributed by atoms with Gasteiger partial charge in [-0.2, -0.15) is 0 Å². The average Bonchev–Trinajstić information content (AvgIpc) is 2.42. The zero-order chi connectivity index (χ0) is 10.8. The maximum absolute atomic E-state index is 11.9. The lowest BCUT2D eigenvalue weighted by atomic mass is 10.1. The molecule has 0 bridgehead atoms. The molecule has 0 aliphatic carbocycles. The van der Waals surface area contributed by atoms with Gasteiger partial charge in [0.1, 0.15) is 0 Å². The first-order valence-corrected chi connectivity index (χ1v) is 5.26. The van der Waals surface area contributed by atoms with Crippen molar-refractivity contribution in [1.82, 2.24) is 9.78 Å². The summed E-state index contributed by atoms with van der Waals surface area (Å²) >= 11 is 0. The van der Waals surface area contributed by atoms with Gasteiger partial charge in [0.15, 0.2) is 0 Å². The molecule has 0 aliphatic rings. The third-order valence-electron chi connectivity index (χ3n) is 2.32. The normalized spacial score (nSPS) is 12.0. The fraction of sp³-hybridized carbons (Fsp3) is 0.727. The minimum absolute atomic E-state index is 0.131. The van der Waals surface area contributed by atoms with Gasteiger partial charge >= 0.3 is 0 Å². The van der Waals surface area contributed by atoms with E-state index in [9.17, 15) is 4.79 Å². The van der Waals surface area contributed by atoms with E-state index in [2.05, 4.69) is 12.0 Å². The van der Waals surface area contributed by atoms with Crippen molar-refractivity contribution in [3.8, 4) is 0 Å². The van der Waals surface area contributed by atoms with Gasteiger partial charge in [-0.1, -0.05) is 13.3 Å². The number of aryl methyl sites for hydroxylation is 1. The van der Waals surface area contributed by atoms with Crippen LogP contribution in [0.2, 0.25) is 0 Å². The molecule has 3 nitrogen and oxygen atoms in total. The molecule has 14 heavy (non-hydrogen) atoms. The summed E-state index contributed by atoms with van der Waals surface area (Å²) in [6.45, 7) is 8.20. The van der Waals surface area contributed by atoms with Crippen molar-refractivity contribution < 1.29 is 0 Å². The van der Waals surface area contributed by atoms with Crippen LogP contribution in [0, 0.1) is 0 Å². The monoisotopic (exact) mass is 196 g/mol. The van der Waals surface area contributed by atoms with Gasteiger partial charge in [0.25, 0.3) is 5.56 Å². The molecule has 80 valence electrons. The van der Waals surface area contributed by atoms with Gasteiger partial charge in [-0.05, 0) is 33.6 Å². The quantitative estimate of drug-likeness (QED) is 0.791. The van der Waals surface area contributed by atoms with Crippen LogP contribution < -0.4 is 5.56 Å². The highest BCUT2D eigenvalue weighted by Crippen LogP contribution is 2.10. The first-order chi connectivity index (χ1) is 6.46. The van der Waals surface area contributed by atoms with Crippen molar-refractivity contribution in [2.24, 2.45) is 0 Å². The van der Waals surface area contributed by atoms with Crippen molar-refractivity contribution in [3.05, 3.63) is 22.1 Å². The van der Waals surface area contributed by atoms with E-state index in [1.54, 1.807) is 4.68 Å². The van der Waals surface area contributed by atoms with E-state index < -0.39 is 0 Å². The van der Waals surface area contributed by atoms with E-state index in [0.29, 0.717) is 0 Å². The topological polar surface area (TPSA) is 37.8 Å². The third kappa shape index (κ3) is 2.28. The van der Waals surface area contributed by atoms with Gasteiger partial charge < -0.3 is 5.10 Å². The molecule has 0 fully saturated rings. The Kier molecular flexibility index (Phi) is 3.19. The fourth-order valence-electron chi connectivity index (χ4n) is 1.45. The Labute approximate surface area is 85.1 Å².